The average Bonchev–Trinajstić information content (AvgIpc) is 3.34. The van der Waals surface area contributed by atoms with Crippen LogP contribution >= 0.6 is 0 Å². The Labute approximate surface area is 464 Å². The van der Waals surface area contributed by atoms with Crippen LogP contribution in [0.1, 0.15) is 222 Å². The third-order valence-corrected chi connectivity index (χ3v) is 3.33. The summed E-state index contributed by atoms with van der Waals surface area (Å²) in [5.74, 6) is 0.167. The van der Waals surface area contributed by atoms with E-state index in [2.05, 4.69) is 111 Å². The van der Waals surface area contributed by atoms with Gasteiger partial charge in [0, 0.05) is 12.5 Å². The third kappa shape index (κ3) is 442. The molecular formula is C69H132O3S. The van der Waals surface area contributed by atoms with Crippen LogP contribution in [-0.2, 0) is 14.6 Å². The average molecular weight is 1040 g/mol. The normalized spacial score (nSPS) is 8.30. The highest BCUT2D eigenvalue weighted by Crippen LogP contribution is 2.09. The lowest BCUT2D eigenvalue weighted by atomic mass is 10.0. The highest BCUT2D eigenvalue weighted by atomic mass is 32.2. The van der Waals surface area contributed by atoms with E-state index in [1.165, 1.54) is 13.8 Å². The molecule has 5 rings (SSSR count). The van der Waals surface area contributed by atoms with Crippen molar-refractivity contribution in [2.75, 3.05) is 12.5 Å². The zero-order valence-corrected chi connectivity index (χ0v) is 56.3. The summed E-state index contributed by atoms with van der Waals surface area (Å²) in [4.78, 5) is 9.44. The zero-order chi connectivity index (χ0) is 61.3. The summed E-state index contributed by atoms with van der Waals surface area (Å²) in [6, 6.07) is 60.0. The zero-order valence-electron chi connectivity index (χ0n) is 55.5. The Bertz CT molecular complexity index is 1140. The molecule has 0 radical (unpaired) electrons. The number of Topliss-reactive ketones (excluding diaryl/α,β-unsaturated/α-hetero) is 1. The number of ketones is 1. The van der Waals surface area contributed by atoms with Gasteiger partial charge in [0.1, 0.15) is 15.6 Å². The lowest BCUT2D eigenvalue weighted by molar-refractivity contribution is -0.115. The largest absolute Gasteiger partial charge is 0.300 e. The number of hydrogen-bond donors (Lipinski definition) is 0. The van der Waals surface area contributed by atoms with E-state index in [0.717, 1.165) is 12.5 Å². The van der Waals surface area contributed by atoms with Crippen molar-refractivity contribution in [3.8, 4) is 0 Å². The summed E-state index contributed by atoms with van der Waals surface area (Å²) in [7, 11) is -2.67. The van der Waals surface area contributed by atoms with Gasteiger partial charge in [-0.2, -0.15) is 0 Å². The second-order valence-electron chi connectivity index (χ2n) is 19.8. The van der Waals surface area contributed by atoms with Crippen molar-refractivity contribution in [1.29, 1.82) is 0 Å². The summed E-state index contributed by atoms with van der Waals surface area (Å²) < 4.78 is 19.3. The number of rotatable bonds is 0. The molecule has 0 aliphatic carbocycles. The van der Waals surface area contributed by atoms with Gasteiger partial charge < -0.3 is 4.79 Å². The van der Waals surface area contributed by atoms with E-state index in [-0.39, 0.29) is 5.78 Å². The Kier molecular flexibility index (Phi) is 122. The topological polar surface area (TPSA) is 51.2 Å². The minimum absolute atomic E-state index is 0.167. The standard InChI is InChI=1S/5C6H6.4C5H12.C3H6O.C2H6O2S.7C2H6/c5*1-2-4-6-5-3-1;4*1-5(2,3)4;1-3(2)4;1-5(2,3)4;7*1-2/h5*1-6H;4*1-4H3;1-2H3;1-2H3;7*1-2H3. The minimum Gasteiger partial charge on any atom is -0.300 e. The maximum absolute atomic E-state index is 9.63. The molecule has 0 N–H and O–H groups in total. The molecule has 0 aromatic heterocycles. The second-order valence-corrected chi connectivity index (χ2v) is 22.1. The van der Waals surface area contributed by atoms with Crippen LogP contribution in [0, 0.1) is 21.7 Å². The van der Waals surface area contributed by atoms with E-state index in [4.69, 9.17) is 0 Å². The van der Waals surface area contributed by atoms with Gasteiger partial charge in [-0.05, 0) is 35.5 Å². The fourth-order valence-electron chi connectivity index (χ4n) is 1.92. The maximum Gasteiger partial charge on any atom is 0.144 e. The molecule has 432 valence electrons. The van der Waals surface area contributed by atoms with Crippen LogP contribution in [0.25, 0.3) is 0 Å². The van der Waals surface area contributed by atoms with Crippen molar-refractivity contribution in [3.63, 3.8) is 0 Å². The van der Waals surface area contributed by atoms with Crippen LogP contribution < -0.4 is 0 Å². The van der Waals surface area contributed by atoms with Gasteiger partial charge in [-0.3, -0.25) is 0 Å². The van der Waals surface area contributed by atoms with Crippen LogP contribution in [-0.4, -0.2) is 26.7 Å². The number of carbonyl (C=O) groups is 1. The van der Waals surface area contributed by atoms with Gasteiger partial charge in [0.2, 0.25) is 0 Å². The Morgan fingerprint density at radius 2 is 0.233 bits per heavy atom. The van der Waals surface area contributed by atoms with Gasteiger partial charge in [0.05, 0.1) is 0 Å². The third-order valence-electron chi connectivity index (χ3n) is 3.33. The molecule has 0 spiro atoms. The predicted molar refractivity (Wildman–Crippen MR) is 349 cm³/mol. The fourth-order valence-corrected chi connectivity index (χ4v) is 1.92. The molecule has 0 atom stereocenters. The molecule has 5 aromatic carbocycles. The number of carbonyl (C=O) groups excluding carboxylic acids is 1. The molecule has 4 heteroatoms. The molecule has 0 amide bonds. The SMILES string of the molecule is CC.CC.CC.CC.CC.CC.CC.CC(C)(C)C.CC(C)(C)C.CC(C)(C)C.CC(C)(C)C.CC(C)=O.CS(C)(=O)=O.c1ccccc1.c1ccccc1.c1ccccc1.c1ccccc1.c1ccccc1. The fraction of sp³-hybridized carbons (Fsp3) is 0.551. The van der Waals surface area contributed by atoms with Gasteiger partial charge in [-0.1, -0.05) is 390 Å². The number of hydrogen-bond acceptors (Lipinski definition) is 3. The Morgan fingerprint density at radius 1 is 0.219 bits per heavy atom. The molecule has 73 heavy (non-hydrogen) atoms. The van der Waals surface area contributed by atoms with Gasteiger partial charge in [-0.25, -0.2) is 8.42 Å². The molecule has 0 bridgehead atoms. The monoisotopic (exact) mass is 1040 g/mol. The first kappa shape index (κ1) is 102. The molecule has 0 aliphatic heterocycles. The van der Waals surface area contributed by atoms with Crippen molar-refractivity contribution in [2.24, 2.45) is 21.7 Å². The summed E-state index contributed by atoms with van der Waals surface area (Å²) >= 11 is 0. The van der Waals surface area contributed by atoms with Crippen molar-refractivity contribution in [3.05, 3.63) is 182 Å². The summed E-state index contributed by atoms with van der Waals surface area (Å²) in [6.45, 7) is 66.1. The molecule has 0 saturated heterocycles. The van der Waals surface area contributed by atoms with Crippen molar-refractivity contribution in [2.45, 2.75) is 222 Å². The minimum atomic E-state index is -2.67. The van der Waals surface area contributed by atoms with Gasteiger partial charge in [-0.15, -0.1) is 0 Å². The van der Waals surface area contributed by atoms with E-state index < -0.39 is 9.84 Å². The second kappa shape index (κ2) is 87.4. The molecule has 0 unspecified atom stereocenters. The highest BCUT2D eigenvalue weighted by Gasteiger charge is 1.97. The summed E-state index contributed by atoms with van der Waals surface area (Å²) in [5.41, 5.74) is 2.00. The molecule has 0 heterocycles. The van der Waals surface area contributed by atoms with Crippen molar-refractivity contribution < 1.29 is 13.2 Å². The van der Waals surface area contributed by atoms with E-state index >= 15 is 0 Å². The smallest absolute Gasteiger partial charge is 0.144 e. The quantitative estimate of drug-likeness (QED) is 0.155. The molecule has 0 aliphatic rings. The van der Waals surface area contributed by atoms with Crippen molar-refractivity contribution in [1.82, 2.24) is 0 Å². The van der Waals surface area contributed by atoms with E-state index in [1.807, 2.05) is 279 Å². The summed E-state index contributed by atoms with van der Waals surface area (Å²) in [5, 5.41) is 0. The Hall–Kier alpha value is -4.28. The molecule has 0 saturated carbocycles. The van der Waals surface area contributed by atoms with Gasteiger partial charge in [0.15, 0.2) is 0 Å². The Morgan fingerprint density at radius 3 is 0.247 bits per heavy atom. The molecular weight excluding hydrogens is 909 g/mol. The lowest BCUT2D eigenvalue weighted by Crippen LogP contribution is -1.93. The van der Waals surface area contributed by atoms with Crippen LogP contribution in [0.5, 0.6) is 0 Å². The molecule has 5 aromatic rings. The first-order chi connectivity index (χ1) is 33.7. The maximum atomic E-state index is 9.63. The van der Waals surface area contributed by atoms with E-state index in [0.29, 0.717) is 21.7 Å². The first-order valence-electron chi connectivity index (χ1n) is 27.4. The van der Waals surface area contributed by atoms with Crippen LogP contribution in [0.15, 0.2) is 182 Å². The number of sulfone groups is 1. The first-order valence-corrected chi connectivity index (χ1v) is 29.7. The summed E-state index contributed by atoms with van der Waals surface area (Å²) in [6.07, 6.45) is 2.32. The van der Waals surface area contributed by atoms with E-state index in [1.54, 1.807) is 0 Å². The Balaban J connectivity index is -0.0000000482. The van der Waals surface area contributed by atoms with Crippen LogP contribution in [0.4, 0.5) is 0 Å². The van der Waals surface area contributed by atoms with Crippen LogP contribution in [0.2, 0.25) is 0 Å². The van der Waals surface area contributed by atoms with Gasteiger partial charge in [0.25, 0.3) is 0 Å². The van der Waals surface area contributed by atoms with Gasteiger partial charge >= 0.3 is 0 Å². The lowest BCUT2D eigenvalue weighted by Gasteiger charge is -2.05. The van der Waals surface area contributed by atoms with Crippen molar-refractivity contribution >= 4 is 15.6 Å². The molecule has 3 nitrogen and oxygen atoms in total. The molecule has 0 fully saturated rings. The van der Waals surface area contributed by atoms with E-state index in [9.17, 15) is 13.2 Å². The highest BCUT2D eigenvalue weighted by molar-refractivity contribution is 7.89. The van der Waals surface area contributed by atoms with Crippen LogP contribution in [0.3, 0.4) is 0 Å². The number of benzene rings is 5. The predicted octanol–water partition coefficient (Wildman–Crippen LogP) is 24.1.